The molecule has 1 rings (SSSR count). The van der Waals surface area contributed by atoms with Crippen LogP contribution in [0.3, 0.4) is 0 Å². The van der Waals surface area contributed by atoms with Crippen LogP contribution in [0.1, 0.15) is 38.8 Å². The molecule has 0 unspecified atom stereocenters. The van der Waals surface area contributed by atoms with E-state index in [0.29, 0.717) is 6.61 Å². The van der Waals surface area contributed by atoms with Crippen LogP contribution in [0.2, 0.25) is 0 Å². The number of benzene rings is 1. The van der Waals surface area contributed by atoms with E-state index >= 15 is 0 Å². The van der Waals surface area contributed by atoms with Crippen molar-refractivity contribution >= 4 is 0 Å². The number of ether oxygens (including phenoxy) is 1. The monoisotopic (exact) mass is 208 g/mol. The van der Waals surface area contributed by atoms with Gasteiger partial charge in [0.25, 0.3) is 0 Å². The van der Waals surface area contributed by atoms with Crippen LogP contribution in [0.4, 0.5) is 0 Å². The Kier molecular flexibility index (Phi) is 3.75. The zero-order chi connectivity index (χ0) is 11.5. The van der Waals surface area contributed by atoms with E-state index in [1.807, 2.05) is 25.1 Å². The van der Waals surface area contributed by atoms with Gasteiger partial charge in [-0.2, -0.15) is 0 Å². The smallest absolute Gasteiger partial charge is 0.123 e. The fourth-order valence-electron chi connectivity index (χ4n) is 1.56. The van der Waals surface area contributed by atoms with Crippen LogP contribution in [0.25, 0.3) is 0 Å². The lowest BCUT2D eigenvalue weighted by molar-refractivity contribution is 0.279. The van der Waals surface area contributed by atoms with Crippen molar-refractivity contribution < 1.29 is 9.84 Å². The summed E-state index contributed by atoms with van der Waals surface area (Å²) in [5.74, 6) is 0.886. The van der Waals surface area contributed by atoms with Gasteiger partial charge in [-0.05, 0) is 29.5 Å². The first-order chi connectivity index (χ1) is 6.99. The summed E-state index contributed by atoms with van der Waals surface area (Å²) in [5, 5.41) is 9.07. The Hall–Kier alpha value is -1.02. The third-order valence-corrected chi connectivity index (χ3v) is 2.34. The summed E-state index contributed by atoms with van der Waals surface area (Å²) in [5.41, 5.74) is 2.14. The molecule has 0 aliphatic rings. The highest BCUT2D eigenvalue weighted by atomic mass is 16.5. The summed E-state index contributed by atoms with van der Waals surface area (Å²) in [6, 6.07) is 5.91. The first-order valence-corrected chi connectivity index (χ1v) is 5.36. The average molecular weight is 208 g/mol. The molecule has 2 nitrogen and oxygen atoms in total. The molecule has 0 amide bonds. The molecule has 0 aliphatic carbocycles. The highest BCUT2D eigenvalue weighted by Crippen LogP contribution is 2.32. The maximum atomic E-state index is 9.07. The van der Waals surface area contributed by atoms with E-state index in [9.17, 15) is 0 Å². The fraction of sp³-hybridized carbons (Fsp3) is 0.538. The molecule has 0 fully saturated rings. The third-order valence-electron chi connectivity index (χ3n) is 2.34. The van der Waals surface area contributed by atoms with Gasteiger partial charge in [-0.1, -0.05) is 32.9 Å². The summed E-state index contributed by atoms with van der Waals surface area (Å²) in [6.07, 6.45) is 0. The molecule has 0 aromatic heterocycles. The van der Waals surface area contributed by atoms with Gasteiger partial charge in [0, 0.05) is 0 Å². The normalized spacial score (nSPS) is 11.5. The molecule has 0 saturated heterocycles. The second-order valence-corrected chi connectivity index (χ2v) is 4.67. The molecule has 1 aromatic rings. The van der Waals surface area contributed by atoms with Crippen LogP contribution < -0.4 is 4.74 Å². The Balaban J connectivity index is 3.15. The van der Waals surface area contributed by atoms with Gasteiger partial charge in [0.1, 0.15) is 5.75 Å². The van der Waals surface area contributed by atoms with Crippen LogP contribution in [-0.4, -0.2) is 11.7 Å². The largest absolute Gasteiger partial charge is 0.494 e. The number of rotatable bonds is 3. The predicted octanol–water partition coefficient (Wildman–Crippen LogP) is 2.88. The van der Waals surface area contributed by atoms with Crippen molar-refractivity contribution in [2.75, 3.05) is 6.61 Å². The molecule has 1 N–H and O–H groups in total. The zero-order valence-electron chi connectivity index (χ0n) is 10.0. The Bertz CT molecular complexity index is 324. The standard InChI is InChI=1S/C13H20O2/c1-5-15-12-8-10(9-14)6-7-11(12)13(2,3)4/h6-8,14H,5,9H2,1-4H3. The number of aliphatic hydroxyl groups is 1. The van der Waals surface area contributed by atoms with Gasteiger partial charge >= 0.3 is 0 Å². The molecular formula is C13H20O2. The van der Waals surface area contributed by atoms with Crippen LogP contribution in [0, 0.1) is 0 Å². The van der Waals surface area contributed by atoms with Crippen molar-refractivity contribution in [1.82, 2.24) is 0 Å². The van der Waals surface area contributed by atoms with Crippen molar-refractivity contribution in [3.8, 4) is 5.75 Å². The first kappa shape index (κ1) is 12.1. The highest BCUT2D eigenvalue weighted by molar-refractivity contribution is 5.41. The van der Waals surface area contributed by atoms with Crippen molar-refractivity contribution in [3.63, 3.8) is 0 Å². The first-order valence-electron chi connectivity index (χ1n) is 5.36. The quantitative estimate of drug-likeness (QED) is 0.827. The van der Waals surface area contributed by atoms with Gasteiger partial charge < -0.3 is 9.84 Å². The molecule has 0 atom stereocenters. The van der Waals surface area contributed by atoms with Gasteiger partial charge in [0.15, 0.2) is 0 Å². The van der Waals surface area contributed by atoms with Crippen LogP contribution in [-0.2, 0) is 12.0 Å². The molecule has 2 heteroatoms. The number of hydrogen-bond donors (Lipinski definition) is 1. The van der Waals surface area contributed by atoms with Crippen molar-refractivity contribution in [2.24, 2.45) is 0 Å². The molecule has 0 heterocycles. The van der Waals surface area contributed by atoms with E-state index in [0.717, 1.165) is 11.3 Å². The minimum Gasteiger partial charge on any atom is -0.494 e. The van der Waals surface area contributed by atoms with E-state index in [1.54, 1.807) is 0 Å². The van der Waals surface area contributed by atoms with Crippen molar-refractivity contribution in [2.45, 2.75) is 39.7 Å². The Morgan fingerprint density at radius 2 is 1.93 bits per heavy atom. The Morgan fingerprint density at radius 3 is 2.40 bits per heavy atom. The van der Waals surface area contributed by atoms with Gasteiger partial charge in [-0.25, -0.2) is 0 Å². The fourth-order valence-corrected chi connectivity index (χ4v) is 1.56. The minimum atomic E-state index is 0.0600. The maximum absolute atomic E-state index is 9.07. The summed E-state index contributed by atoms with van der Waals surface area (Å²) in [4.78, 5) is 0. The van der Waals surface area contributed by atoms with Gasteiger partial charge in [0.05, 0.1) is 13.2 Å². The van der Waals surface area contributed by atoms with E-state index in [-0.39, 0.29) is 12.0 Å². The summed E-state index contributed by atoms with van der Waals surface area (Å²) in [7, 11) is 0. The van der Waals surface area contributed by atoms with Crippen LogP contribution in [0.5, 0.6) is 5.75 Å². The number of aliphatic hydroxyl groups excluding tert-OH is 1. The molecule has 0 radical (unpaired) electrons. The summed E-state index contributed by atoms with van der Waals surface area (Å²) >= 11 is 0. The summed E-state index contributed by atoms with van der Waals surface area (Å²) in [6.45, 7) is 9.15. The second kappa shape index (κ2) is 4.67. The number of hydrogen-bond acceptors (Lipinski definition) is 2. The van der Waals surface area contributed by atoms with Gasteiger partial charge in [0.2, 0.25) is 0 Å². The minimum absolute atomic E-state index is 0.0600. The lowest BCUT2D eigenvalue weighted by Crippen LogP contribution is -2.13. The topological polar surface area (TPSA) is 29.5 Å². The molecule has 84 valence electrons. The lowest BCUT2D eigenvalue weighted by atomic mass is 9.86. The average Bonchev–Trinajstić information content (AvgIpc) is 2.16. The Morgan fingerprint density at radius 1 is 1.27 bits per heavy atom. The molecule has 0 bridgehead atoms. The molecular weight excluding hydrogens is 188 g/mol. The van der Waals surface area contributed by atoms with E-state index in [2.05, 4.69) is 20.8 Å². The molecule has 0 spiro atoms. The summed E-state index contributed by atoms with van der Waals surface area (Å²) < 4.78 is 5.59. The van der Waals surface area contributed by atoms with Crippen molar-refractivity contribution in [3.05, 3.63) is 29.3 Å². The molecule has 15 heavy (non-hydrogen) atoms. The zero-order valence-corrected chi connectivity index (χ0v) is 10.0. The molecule has 0 saturated carbocycles. The van der Waals surface area contributed by atoms with Crippen LogP contribution in [0.15, 0.2) is 18.2 Å². The lowest BCUT2D eigenvalue weighted by Gasteiger charge is -2.23. The molecule has 1 aromatic carbocycles. The SMILES string of the molecule is CCOc1cc(CO)ccc1C(C)(C)C. The second-order valence-electron chi connectivity index (χ2n) is 4.67. The Labute approximate surface area is 91.9 Å². The predicted molar refractivity (Wildman–Crippen MR) is 62.2 cm³/mol. The third kappa shape index (κ3) is 2.96. The van der Waals surface area contributed by atoms with Crippen LogP contribution >= 0.6 is 0 Å². The maximum Gasteiger partial charge on any atom is 0.123 e. The van der Waals surface area contributed by atoms with E-state index in [1.165, 1.54) is 5.56 Å². The highest BCUT2D eigenvalue weighted by Gasteiger charge is 2.18. The van der Waals surface area contributed by atoms with Gasteiger partial charge in [-0.15, -0.1) is 0 Å². The van der Waals surface area contributed by atoms with Gasteiger partial charge in [-0.3, -0.25) is 0 Å². The van der Waals surface area contributed by atoms with Crippen molar-refractivity contribution in [1.29, 1.82) is 0 Å². The van der Waals surface area contributed by atoms with E-state index in [4.69, 9.17) is 9.84 Å². The van der Waals surface area contributed by atoms with E-state index < -0.39 is 0 Å². The molecule has 0 aliphatic heterocycles.